The smallest absolute Gasteiger partial charge is 0.237 e. The molecule has 1 saturated heterocycles. The second kappa shape index (κ2) is 7.78. The Morgan fingerprint density at radius 3 is 2.67 bits per heavy atom. The first kappa shape index (κ1) is 15.5. The van der Waals surface area contributed by atoms with Crippen molar-refractivity contribution in [1.29, 1.82) is 0 Å². The van der Waals surface area contributed by atoms with Gasteiger partial charge in [-0.2, -0.15) is 0 Å². The molecule has 1 atom stereocenters. The van der Waals surface area contributed by atoms with Crippen LogP contribution in [0.4, 0.5) is 5.69 Å². The summed E-state index contributed by atoms with van der Waals surface area (Å²) in [4.78, 5) is 23.0. The molecule has 1 aromatic carbocycles. The number of nitrogens with one attached hydrogen (secondary N) is 3. The molecule has 0 aliphatic carbocycles. The first-order valence-corrected chi connectivity index (χ1v) is 7.53. The summed E-state index contributed by atoms with van der Waals surface area (Å²) >= 11 is 0. The van der Waals surface area contributed by atoms with E-state index in [-0.39, 0.29) is 17.9 Å². The highest BCUT2D eigenvalue weighted by Gasteiger charge is 2.18. The molecule has 2 amide bonds. The lowest BCUT2D eigenvalue weighted by atomic mass is 10.1. The van der Waals surface area contributed by atoms with Gasteiger partial charge in [0.1, 0.15) is 0 Å². The van der Waals surface area contributed by atoms with Gasteiger partial charge in [0.2, 0.25) is 11.8 Å². The summed E-state index contributed by atoms with van der Waals surface area (Å²) < 4.78 is 0. The molecule has 3 N–H and O–H groups in total. The first-order valence-electron chi connectivity index (χ1n) is 7.53. The standard InChI is InChI=1S/C16H23N3O2/c1-12(20)19-14-8-6-13(7-9-14)11-18-16(21)15-5-3-2-4-10-17-15/h6-9,15,17H,2-5,10-11H2,1H3,(H,18,21)(H,19,20). The van der Waals surface area contributed by atoms with Crippen LogP contribution in [0.3, 0.4) is 0 Å². The SMILES string of the molecule is CC(=O)Nc1ccc(CNC(=O)C2CCCCCN2)cc1. The predicted octanol–water partition coefficient (Wildman–Crippen LogP) is 1.79. The van der Waals surface area contributed by atoms with E-state index in [0.29, 0.717) is 6.54 Å². The molecule has 0 saturated carbocycles. The molecular weight excluding hydrogens is 266 g/mol. The molecule has 0 bridgehead atoms. The molecule has 1 aliphatic rings. The average molecular weight is 289 g/mol. The van der Waals surface area contributed by atoms with Crippen molar-refractivity contribution in [3.05, 3.63) is 29.8 Å². The van der Waals surface area contributed by atoms with Gasteiger partial charge in [-0.25, -0.2) is 0 Å². The Morgan fingerprint density at radius 2 is 1.95 bits per heavy atom. The summed E-state index contributed by atoms with van der Waals surface area (Å²) in [6, 6.07) is 7.43. The Labute approximate surface area is 125 Å². The van der Waals surface area contributed by atoms with Crippen LogP contribution < -0.4 is 16.0 Å². The fraction of sp³-hybridized carbons (Fsp3) is 0.500. The molecule has 21 heavy (non-hydrogen) atoms. The normalized spacial score (nSPS) is 18.6. The number of amides is 2. The number of anilines is 1. The monoisotopic (exact) mass is 289 g/mol. The van der Waals surface area contributed by atoms with Crippen molar-refractivity contribution in [2.24, 2.45) is 0 Å². The molecule has 0 radical (unpaired) electrons. The van der Waals surface area contributed by atoms with E-state index >= 15 is 0 Å². The minimum absolute atomic E-state index is 0.0637. The Hall–Kier alpha value is -1.88. The van der Waals surface area contributed by atoms with Crippen molar-refractivity contribution >= 4 is 17.5 Å². The van der Waals surface area contributed by atoms with Crippen LogP contribution in [0.2, 0.25) is 0 Å². The minimum atomic E-state index is -0.0875. The molecule has 1 fully saturated rings. The lowest BCUT2D eigenvalue weighted by Crippen LogP contribution is -2.43. The molecule has 114 valence electrons. The van der Waals surface area contributed by atoms with Crippen LogP contribution in [0.25, 0.3) is 0 Å². The van der Waals surface area contributed by atoms with Crippen molar-refractivity contribution in [3.8, 4) is 0 Å². The molecule has 2 rings (SSSR count). The van der Waals surface area contributed by atoms with E-state index in [1.54, 1.807) is 0 Å². The van der Waals surface area contributed by atoms with Crippen LogP contribution in [-0.4, -0.2) is 24.4 Å². The van der Waals surface area contributed by atoms with Gasteiger partial charge in [-0.1, -0.05) is 25.0 Å². The fourth-order valence-corrected chi connectivity index (χ4v) is 2.47. The largest absolute Gasteiger partial charge is 0.351 e. The highest BCUT2D eigenvalue weighted by molar-refractivity contribution is 5.88. The van der Waals surface area contributed by atoms with Gasteiger partial charge in [-0.3, -0.25) is 9.59 Å². The van der Waals surface area contributed by atoms with E-state index in [1.165, 1.54) is 13.3 Å². The molecule has 1 heterocycles. The zero-order chi connectivity index (χ0) is 15.1. The summed E-state index contributed by atoms with van der Waals surface area (Å²) in [7, 11) is 0. The summed E-state index contributed by atoms with van der Waals surface area (Å²) in [6.45, 7) is 2.91. The lowest BCUT2D eigenvalue weighted by Gasteiger charge is -2.15. The van der Waals surface area contributed by atoms with E-state index in [1.807, 2.05) is 24.3 Å². The molecular formula is C16H23N3O2. The molecule has 0 aromatic heterocycles. The first-order chi connectivity index (χ1) is 10.1. The van der Waals surface area contributed by atoms with Crippen LogP contribution in [-0.2, 0) is 16.1 Å². The van der Waals surface area contributed by atoms with Gasteiger partial charge in [0.25, 0.3) is 0 Å². The lowest BCUT2D eigenvalue weighted by molar-refractivity contribution is -0.123. The maximum atomic E-state index is 12.1. The molecule has 5 heteroatoms. The predicted molar refractivity (Wildman–Crippen MR) is 82.9 cm³/mol. The number of benzene rings is 1. The maximum absolute atomic E-state index is 12.1. The summed E-state index contributed by atoms with van der Waals surface area (Å²) in [5, 5.41) is 8.98. The Kier molecular flexibility index (Phi) is 5.75. The Balaban J connectivity index is 1.81. The van der Waals surface area contributed by atoms with Crippen molar-refractivity contribution in [2.75, 3.05) is 11.9 Å². The van der Waals surface area contributed by atoms with Crippen LogP contribution in [0, 0.1) is 0 Å². The molecule has 0 spiro atoms. The summed E-state index contributed by atoms with van der Waals surface area (Å²) in [5.74, 6) is -0.0154. The van der Waals surface area contributed by atoms with Gasteiger partial charge in [-0.05, 0) is 37.1 Å². The van der Waals surface area contributed by atoms with Gasteiger partial charge in [-0.15, -0.1) is 0 Å². The van der Waals surface area contributed by atoms with Gasteiger partial charge >= 0.3 is 0 Å². The van der Waals surface area contributed by atoms with Crippen LogP contribution in [0.15, 0.2) is 24.3 Å². The summed E-state index contributed by atoms with van der Waals surface area (Å²) in [5.41, 5.74) is 1.79. The Morgan fingerprint density at radius 1 is 1.19 bits per heavy atom. The third kappa shape index (κ3) is 5.19. The fourth-order valence-electron chi connectivity index (χ4n) is 2.47. The van der Waals surface area contributed by atoms with E-state index in [0.717, 1.165) is 37.1 Å². The quantitative estimate of drug-likeness (QED) is 0.791. The third-order valence-electron chi connectivity index (χ3n) is 3.62. The van der Waals surface area contributed by atoms with Crippen LogP contribution in [0.5, 0.6) is 0 Å². The topological polar surface area (TPSA) is 70.2 Å². The average Bonchev–Trinajstić information content (AvgIpc) is 2.75. The van der Waals surface area contributed by atoms with Crippen LogP contribution >= 0.6 is 0 Å². The van der Waals surface area contributed by atoms with Gasteiger partial charge in [0, 0.05) is 19.2 Å². The van der Waals surface area contributed by atoms with Crippen LogP contribution in [0.1, 0.15) is 38.2 Å². The highest BCUT2D eigenvalue weighted by Crippen LogP contribution is 2.11. The van der Waals surface area contributed by atoms with Crippen molar-refractivity contribution in [1.82, 2.24) is 10.6 Å². The highest BCUT2D eigenvalue weighted by atomic mass is 16.2. The summed E-state index contributed by atoms with van der Waals surface area (Å²) in [6.07, 6.45) is 4.36. The second-order valence-corrected chi connectivity index (χ2v) is 5.45. The van der Waals surface area contributed by atoms with Crippen molar-refractivity contribution in [2.45, 2.75) is 45.2 Å². The van der Waals surface area contributed by atoms with E-state index < -0.39 is 0 Å². The zero-order valence-electron chi connectivity index (χ0n) is 12.4. The van der Waals surface area contributed by atoms with Gasteiger partial charge < -0.3 is 16.0 Å². The van der Waals surface area contributed by atoms with Gasteiger partial charge in [0.05, 0.1) is 6.04 Å². The number of hydrogen-bond donors (Lipinski definition) is 3. The van der Waals surface area contributed by atoms with E-state index in [9.17, 15) is 9.59 Å². The van der Waals surface area contributed by atoms with E-state index in [2.05, 4.69) is 16.0 Å². The molecule has 1 aliphatic heterocycles. The number of carbonyl (C=O) groups is 2. The molecule has 5 nitrogen and oxygen atoms in total. The van der Waals surface area contributed by atoms with Gasteiger partial charge in [0.15, 0.2) is 0 Å². The Bertz CT molecular complexity index is 477. The van der Waals surface area contributed by atoms with Crippen molar-refractivity contribution in [3.63, 3.8) is 0 Å². The number of rotatable bonds is 4. The zero-order valence-corrected chi connectivity index (χ0v) is 12.4. The second-order valence-electron chi connectivity index (χ2n) is 5.45. The van der Waals surface area contributed by atoms with Crippen molar-refractivity contribution < 1.29 is 9.59 Å². The third-order valence-corrected chi connectivity index (χ3v) is 3.62. The van der Waals surface area contributed by atoms with E-state index in [4.69, 9.17) is 0 Å². The maximum Gasteiger partial charge on any atom is 0.237 e. The number of hydrogen-bond acceptors (Lipinski definition) is 3. The minimum Gasteiger partial charge on any atom is -0.351 e. The number of carbonyl (C=O) groups excluding carboxylic acids is 2. The molecule has 1 unspecified atom stereocenters. The molecule has 1 aromatic rings.